The van der Waals surface area contributed by atoms with E-state index in [1.807, 2.05) is 32.6 Å². The lowest BCUT2D eigenvalue weighted by Crippen LogP contribution is -2.57. The molecule has 3 fully saturated rings. The normalized spacial score (nSPS) is 19.4. The standard InChI is InChI=1S/C43H57F2N5O6Si/c1-11-30-33(44)15-12-26-18-29(54-25-52-8)19-31(34(26)30)36-35(45)37-32(20-46-36)38(49-21-27-13-14-28(22-49)50(27)40(51)56-41(2,3)4)48-39(47-37)53-23-43(16-17-43)24-55-57(9,10)42(5,6)7/h12,15,18-20,27-28H,11,13-14,16-17,21-25H2,1-10H3. The van der Waals surface area contributed by atoms with Crippen molar-refractivity contribution in [3.05, 3.63) is 47.7 Å². The summed E-state index contributed by atoms with van der Waals surface area (Å²) in [6, 6.07) is 6.35. The second kappa shape index (κ2) is 15.2. The number of hydrogen-bond acceptors (Lipinski definition) is 10. The number of benzene rings is 2. The highest BCUT2D eigenvalue weighted by molar-refractivity contribution is 6.74. The van der Waals surface area contributed by atoms with Crippen molar-refractivity contribution >= 4 is 41.9 Å². The molecule has 2 bridgehead atoms. The first kappa shape index (κ1) is 41.0. The highest BCUT2D eigenvalue weighted by Crippen LogP contribution is 2.48. The molecule has 308 valence electrons. The predicted octanol–water partition coefficient (Wildman–Crippen LogP) is 9.44. The minimum Gasteiger partial charge on any atom is -0.468 e. The van der Waals surface area contributed by atoms with Crippen LogP contribution in [0.25, 0.3) is 32.9 Å². The number of fused-ring (bicyclic) bond motifs is 4. The van der Waals surface area contributed by atoms with E-state index in [0.29, 0.717) is 71.6 Å². The number of anilines is 1. The zero-order chi connectivity index (χ0) is 41.1. The molecular formula is C43H57F2N5O6Si. The Morgan fingerprint density at radius 2 is 1.68 bits per heavy atom. The molecule has 2 aromatic heterocycles. The second-order valence-electron chi connectivity index (χ2n) is 18.5. The molecule has 14 heteroatoms. The largest absolute Gasteiger partial charge is 0.468 e. The molecule has 0 radical (unpaired) electrons. The van der Waals surface area contributed by atoms with Gasteiger partial charge in [0.1, 0.15) is 34.2 Å². The van der Waals surface area contributed by atoms with E-state index in [9.17, 15) is 4.79 Å². The van der Waals surface area contributed by atoms with E-state index in [1.54, 1.807) is 24.4 Å². The third-order valence-corrected chi connectivity index (χ3v) is 16.6. The molecule has 4 aromatic rings. The van der Waals surface area contributed by atoms with Crippen LogP contribution in [0, 0.1) is 17.0 Å². The predicted molar refractivity (Wildman–Crippen MR) is 219 cm³/mol. The van der Waals surface area contributed by atoms with Crippen molar-refractivity contribution < 1.29 is 36.9 Å². The van der Waals surface area contributed by atoms with Crippen molar-refractivity contribution in [3.8, 4) is 23.0 Å². The Balaban J connectivity index is 1.30. The maximum atomic E-state index is 17.4. The molecule has 0 spiro atoms. The lowest BCUT2D eigenvalue weighted by molar-refractivity contribution is 0.0122. The van der Waals surface area contributed by atoms with Crippen LogP contribution in [0.15, 0.2) is 30.5 Å². The van der Waals surface area contributed by atoms with Gasteiger partial charge in [-0.05, 0) is 106 Å². The number of nitrogens with zero attached hydrogens (tertiary/aromatic N) is 5. The Kier molecular flexibility index (Phi) is 11.0. The number of rotatable bonds is 12. The van der Waals surface area contributed by atoms with Gasteiger partial charge in [0, 0.05) is 44.0 Å². The number of hydrogen-bond donors (Lipinski definition) is 0. The molecule has 0 N–H and O–H groups in total. The number of methoxy groups -OCH3 is 1. The molecule has 1 aliphatic carbocycles. The molecule has 2 atom stereocenters. The van der Waals surface area contributed by atoms with Crippen LogP contribution in [0.2, 0.25) is 18.1 Å². The lowest BCUT2D eigenvalue weighted by Gasteiger charge is -2.42. The first-order valence-electron chi connectivity index (χ1n) is 20.1. The molecule has 11 nitrogen and oxygen atoms in total. The van der Waals surface area contributed by atoms with Gasteiger partial charge in [0.2, 0.25) is 0 Å². The molecule has 3 aliphatic rings. The highest BCUT2D eigenvalue weighted by atomic mass is 28.4. The van der Waals surface area contributed by atoms with Crippen LogP contribution in [-0.4, -0.2) is 92.2 Å². The second-order valence-corrected chi connectivity index (χ2v) is 23.3. The van der Waals surface area contributed by atoms with E-state index in [-0.39, 0.29) is 58.5 Å². The van der Waals surface area contributed by atoms with Crippen molar-refractivity contribution in [1.82, 2.24) is 19.9 Å². The van der Waals surface area contributed by atoms with Gasteiger partial charge in [0.15, 0.2) is 20.9 Å². The summed E-state index contributed by atoms with van der Waals surface area (Å²) in [5, 5.41) is 1.71. The Morgan fingerprint density at radius 3 is 2.30 bits per heavy atom. The molecule has 1 saturated carbocycles. The van der Waals surface area contributed by atoms with E-state index in [2.05, 4.69) is 38.8 Å². The van der Waals surface area contributed by atoms with Crippen LogP contribution < -0.4 is 14.4 Å². The molecule has 1 amide bonds. The number of piperazine rings is 1. The highest BCUT2D eigenvalue weighted by Gasteiger charge is 2.48. The van der Waals surface area contributed by atoms with E-state index in [4.69, 9.17) is 38.3 Å². The van der Waals surface area contributed by atoms with Gasteiger partial charge in [-0.1, -0.05) is 33.8 Å². The fourth-order valence-electron chi connectivity index (χ4n) is 7.71. The van der Waals surface area contributed by atoms with Crippen LogP contribution in [0.3, 0.4) is 0 Å². The summed E-state index contributed by atoms with van der Waals surface area (Å²) in [6.07, 6.45) is 5.16. The first-order valence-corrected chi connectivity index (χ1v) is 23.0. The number of ether oxygens (including phenoxy) is 4. The third kappa shape index (κ3) is 8.27. The van der Waals surface area contributed by atoms with Crippen LogP contribution >= 0.6 is 0 Å². The minimum atomic E-state index is -2.00. The van der Waals surface area contributed by atoms with Gasteiger partial charge < -0.3 is 28.3 Å². The van der Waals surface area contributed by atoms with Gasteiger partial charge in [-0.3, -0.25) is 9.88 Å². The van der Waals surface area contributed by atoms with Crippen molar-refractivity contribution in [2.45, 2.75) is 116 Å². The Labute approximate surface area is 335 Å². The SMILES string of the molecule is CCc1c(F)ccc2cc(OCOC)cc(-c3ncc4c(N5CC6CCC(C5)N6C(=O)OC(C)(C)C)nc(OCC5(CO[Si](C)(C)C(C)(C)C)CC5)nc4c3F)c12. The number of aryl methyl sites for hydroxylation is 1. The lowest BCUT2D eigenvalue weighted by atomic mass is 9.94. The summed E-state index contributed by atoms with van der Waals surface area (Å²) in [5.41, 5.74) is 0.0692. The fourth-order valence-corrected chi connectivity index (χ4v) is 8.81. The monoisotopic (exact) mass is 805 g/mol. The van der Waals surface area contributed by atoms with Crippen LogP contribution in [0.5, 0.6) is 11.8 Å². The molecular weight excluding hydrogens is 749 g/mol. The molecule has 4 heterocycles. The fraction of sp³-hybridized carbons (Fsp3) is 0.581. The number of aromatic nitrogens is 3. The van der Waals surface area contributed by atoms with Crippen molar-refractivity contribution in [3.63, 3.8) is 0 Å². The average molecular weight is 806 g/mol. The molecule has 2 unspecified atom stereocenters. The average Bonchev–Trinajstić information content (AvgIpc) is 3.87. The van der Waals surface area contributed by atoms with Gasteiger partial charge in [0.25, 0.3) is 0 Å². The zero-order valence-electron chi connectivity index (χ0n) is 35.1. The van der Waals surface area contributed by atoms with Gasteiger partial charge in [-0.25, -0.2) is 13.6 Å². The van der Waals surface area contributed by atoms with Crippen molar-refractivity contribution in [2.75, 3.05) is 45.1 Å². The quantitative estimate of drug-likeness (QED) is 0.102. The molecule has 2 aromatic carbocycles. The first-order chi connectivity index (χ1) is 26.8. The minimum absolute atomic E-state index is 0.00233. The topological polar surface area (TPSA) is 108 Å². The maximum Gasteiger partial charge on any atom is 0.410 e. The number of pyridine rings is 1. The van der Waals surface area contributed by atoms with Gasteiger partial charge in [-0.15, -0.1) is 0 Å². The van der Waals surface area contributed by atoms with Crippen LogP contribution in [-0.2, 0) is 20.3 Å². The zero-order valence-corrected chi connectivity index (χ0v) is 36.1. The Morgan fingerprint density at radius 1 is 0.982 bits per heavy atom. The third-order valence-electron chi connectivity index (χ3n) is 12.1. The van der Waals surface area contributed by atoms with E-state index in [0.717, 1.165) is 25.7 Å². The number of halogens is 2. The molecule has 57 heavy (non-hydrogen) atoms. The van der Waals surface area contributed by atoms with E-state index < -0.39 is 19.7 Å². The van der Waals surface area contributed by atoms with Crippen LogP contribution in [0.1, 0.15) is 79.7 Å². The number of carbonyl (C=O) groups excluding carboxylic acids is 1. The molecule has 2 aliphatic heterocycles. The molecule has 2 saturated heterocycles. The smallest absolute Gasteiger partial charge is 0.410 e. The van der Waals surface area contributed by atoms with Gasteiger partial charge in [-0.2, -0.15) is 9.97 Å². The maximum absolute atomic E-state index is 17.4. The van der Waals surface area contributed by atoms with Gasteiger partial charge in [0.05, 0.1) is 24.1 Å². The Bertz CT molecular complexity index is 2150. The summed E-state index contributed by atoms with van der Waals surface area (Å²) in [5.74, 6) is -0.159. The molecule has 7 rings (SSSR count). The summed E-state index contributed by atoms with van der Waals surface area (Å²) in [4.78, 5) is 31.7. The summed E-state index contributed by atoms with van der Waals surface area (Å²) >= 11 is 0. The summed E-state index contributed by atoms with van der Waals surface area (Å²) < 4.78 is 62.5. The summed E-state index contributed by atoms with van der Waals surface area (Å²) in [6.45, 7) is 20.4. The van der Waals surface area contributed by atoms with Crippen molar-refractivity contribution in [2.24, 2.45) is 5.41 Å². The number of amides is 1. The number of carbonyl (C=O) groups is 1. The van der Waals surface area contributed by atoms with Crippen molar-refractivity contribution in [1.29, 1.82) is 0 Å². The van der Waals surface area contributed by atoms with E-state index in [1.165, 1.54) is 13.2 Å². The summed E-state index contributed by atoms with van der Waals surface area (Å²) in [7, 11) is -0.482. The Hall–Kier alpha value is -4.14. The van der Waals surface area contributed by atoms with Crippen LogP contribution in [0.4, 0.5) is 19.4 Å². The van der Waals surface area contributed by atoms with Gasteiger partial charge >= 0.3 is 12.1 Å². The van der Waals surface area contributed by atoms with E-state index >= 15 is 8.78 Å².